The highest BCUT2D eigenvalue weighted by Gasteiger charge is 2.34. The molecule has 0 aliphatic carbocycles. The maximum absolute atomic E-state index is 14.1. The molecular weight excluding hydrogens is 569 g/mol. The van der Waals surface area contributed by atoms with Crippen LogP contribution in [-0.2, 0) is 26.2 Å². The fourth-order valence-electron chi connectivity index (χ4n) is 4.14. The Kier molecular flexibility index (Phi) is 11.0. The number of hydrogen-bond donors (Lipinski definition) is 1. The zero-order valence-electron chi connectivity index (χ0n) is 23.1. The van der Waals surface area contributed by atoms with Gasteiger partial charge in [0.15, 0.2) is 0 Å². The molecule has 3 rings (SSSR count). The third-order valence-corrected chi connectivity index (χ3v) is 8.91. The molecule has 0 unspecified atom stereocenters. The number of nitrogens with zero attached hydrogens (tertiary/aromatic N) is 2. The second-order valence-corrected chi connectivity index (χ2v) is 12.4. The predicted octanol–water partition coefficient (Wildman–Crippen LogP) is 6.22. The summed E-state index contributed by atoms with van der Waals surface area (Å²) in [7, 11) is -4.20. The SMILES string of the molecule is CC[C@@H](C)NC(=O)[C@@H](CC)N(Cc1ccc(C)cc1)C(=O)CN(c1cccc(Cl)c1)S(=O)(=O)c1ccc(Cl)cc1. The van der Waals surface area contributed by atoms with E-state index in [1.807, 2.05) is 52.0 Å². The van der Waals surface area contributed by atoms with Crippen LogP contribution in [0.25, 0.3) is 0 Å². The van der Waals surface area contributed by atoms with E-state index in [0.29, 0.717) is 16.5 Å². The fourth-order valence-corrected chi connectivity index (χ4v) is 5.86. The predicted molar refractivity (Wildman–Crippen MR) is 161 cm³/mol. The molecule has 0 spiro atoms. The van der Waals surface area contributed by atoms with E-state index in [4.69, 9.17) is 23.2 Å². The monoisotopic (exact) mass is 603 g/mol. The number of halogens is 2. The van der Waals surface area contributed by atoms with Crippen molar-refractivity contribution in [3.63, 3.8) is 0 Å². The van der Waals surface area contributed by atoms with Gasteiger partial charge in [0.05, 0.1) is 10.6 Å². The average molecular weight is 605 g/mol. The summed E-state index contributed by atoms with van der Waals surface area (Å²) in [6.45, 7) is 7.25. The molecule has 2 amide bonds. The van der Waals surface area contributed by atoms with E-state index in [2.05, 4.69) is 5.32 Å². The Bertz CT molecular complexity index is 1410. The van der Waals surface area contributed by atoms with Gasteiger partial charge in [-0.05, 0) is 74.7 Å². The zero-order valence-corrected chi connectivity index (χ0v) is 25.4. The van der Waals surface area contributed by atoms with Crippen molar-refractivity contribution >= 4 is 50.7 Å². The lowest BCUT2D eigenvalue weighted by Gasteiger charge is -2.33. The summed E-state index contributed by atoms with van der Waals surface area (Å²) in [5.41, 5.74) is 2.11. The molecule has 0 aliphatic rings. The molecule has 0 fully saturated rings. The average Bonchev–Trinajstić information content (AvgIpc) is 2.92. The van der Waals surface area contributed by atoms with Crippen LogP contribution in [0.4, 0.5) is 5.69 Å². The largest absolute Gasteiger partial charge is 0.352 e. The summed E-state index contributed by atoms with van der Waals surface area (Å²) in [4.78, 5) is 28.8. The molecule has 0 saturated carbocycles. The Morgan fingerprint density at radius 1 is 0.900 bits per heavy atom. The molecule has 10 heteroatoms. The Morgan fingerprint density at radius 2 is 1.55 bits per heavy atom. The molecule has 0 aromatic heterocycles. The van der Waals surface area contributed by atoms with Gasteiger partial charge in [0, 0.05) is 22.6 Å². The van der Waals surface area contributed by atoms with Crippen LogP contribution < -0.4 is 9.62 Å². The molecule has 2 atom stereocenters. The van der Waals surface area contributed by atoms with Crippen molar-refractivity contribution in [2.45, 2.75) is 64.1 Å². The van der Waals surface area contributed by atoms with Crippen LogP contribution in [0.15, 0.2) is 77.7 Å². The number of benzene rings is 3. The van der Waals surface area contributed by atoms with Crippen molar-refractivity contribution in [2.75, 3.05) is 10.8 Å². The van der Waals surface area contributed by atoms with Gasteiger partial charge < -0.3 is 10.2 Å². The topological polar surface area (TPSA) is 86.8 Å². The third-order valence-electron chi connectivity index (χ3n) is 6.64. The second kappa shape index (κ2) is 14.0. The molecule has 0 radical (unpaired) electrons. The quantitative estimate of drug-likeness (QED) is 0.266. The van der Waals surface area contributed by atoms with Gasteiger partial charge in [-0.25, -0.2) is 8.42 Å². The molecule has 40 heavy (non-hydrogen) atoms. The van der Waals surface area contributed by atoms with E-state index in [1.165, 1.54) is 35.2 Å². The van der Waals surface area contributed by atoms with Crippen LogP contribution in [0, 0.1) is 6.92 Å². The molecular formula is C30H35Cl2N3O4S. The first-order valence-electron chi connectivity index (χ1n) is 13.2. The molecule has 3 aromatic carbocycles. The Balaban J connectivity index is 2.05. The Labute approximate surface area is 247 Å². The summed E-state index contributed by atoms with van der Waals surface area (Å²) in [5, 5.41) is 3.67. The molecule has 0 heterocycles. The molecule has 0 aliphatic heterocycles. The highest BCUT2D eigenvalue weighted by molar-refractivity contribution is 7.92. The number of nitrogens with one attached hydrogen (secondary N) is 1. The summed E-state index contributed by atoms with van der Waals surface area (Å²) >= 11 is 12.2. The number of carbonyl (C=O) groups is 2. The molecule has 0 saturated heterocycles. The lowest BCUT2D eigenvalue weighted by Crippen LogP contribution is -2.53. The summed E-state index contributed by atoms with van der Waals surface area (Å²) in [6.07, 6.45) is 1.08. The maximum Gasteiger partial charge on any atom is 0.264 e. The number of hydrogen-bond acceptors (Lipinski definition) is 4. The Hall–Kier alpha value is -3.07. The highest BCUT2D eigenvalue weighted by atomic mass is 35.5. The lowest BCUT2D eigenvalue weighted by molar-refractivity contribution is -0.140. The molecule has 214 valence electrons. The van der Waals surface area contributed by atoms with Gasteiger partial charge in [0.1, 0.15) is 12.6 Å². The summed E-state index contributed by atoms with van der Waals surface area (Å²) < 4.78 is 28.7. The normalized spacial score (nSPS) is 12.8. The van der Waals surface area contributed by atoms with E-state index in [1.54, 1.807) is 18.2 Å². The van der Waals surface area contributed by atoms with Crippen LogP contribution in [0.5, 0.6) is 0 Å². The van der Waals surface area contributed by atoms with Crippen molar-refractivity contribution in [3.05, 3.63) is 94.0 Å². The van der Waals surface area contributed by atoms with E-state index in [9.17, 15) is 18.0 Å². The smallest absolute Gasteiger partial charge is 0.264 e. The van der Waals surface area contributed by atoms with Gasteiger partial charge in [-0.3, -0.25) is 13.9 Å². The van der Waals surface area contributed by atoms with Gasteiger partial charge in [0.25, 0.3) is 10.0 Å². The van der Waals surface area contributed by atoms with Crippen molar-refractivity contribution in [2.24, 2.45) is 0 Å². The summed E-state index contributed by atoms with van der Waals surface area (Å²) in [6, 6.07) is 18.8. The van der Waals surface area contributed by atoms with Crippen LogP contribution >= 0.6 is 23.2 Å². The highest BCUT2D eigenvalue weighted by Crippen LogP contribution is 2.27. The van der Waals surface area contributed by atoms with Crippen LogP contribution in [0.1, 0.15) is 44.7 Å². The molecule has 0 bridgehead atoms. The number of aryl methyl sites for hydroxylation is 1. The van der Waals surface area contributed by atoms with Crippen molar-refractivity contribution in [3.8, 4) is 0 Å². The van der Waals surface area contributed by atoms with Crippen molar-refractivity contribution in [1.29, 1.82) is 0 Å². The fraction of sp³-hybridized carbons (Fsp3) is 0.333. The maximum atomic E-state index is 14.1. The second-order valence-electron chi connectivity index (χ2n) is 9.69. The number of amides is 2. The lowest BCUT2D eigenvalue weighted by atomic mass is 10.1. The van der Waals surface area contributed by atoms with E-state index in [0.717, 1.165) is 21.9 Å². The number of sulfonamides is 1. The number of carbonyl (C=O) groups excluding carboxylic acids is 2. The first-order chi connectivity index (χ1) is 19.0. The third kappa shape index (κ3) is 7.99. The number of rotatable bonds is 12. The van der Waals surface area contributed by atoms with Gasteiger partial charge >= 0.3 is 0 Å². The zero-order chi connectivity index (χ0) is 29.4. The first kappa shape index (κ1) is 31.5. The standard InChI is InChI=1S/C30H35Cl2N3O4S/c1-5-22(4)33-30(37)28(6-2)34(19-23-12-10-21(3)11-13-23)29(36)20-35(26-9-7-8-25(32)18-26)40(38,39)27-16-14-24(31)15-17-27/h7-18,22,28H,5-6,19-20H2,1-4H3,(H,33,37)/t22-,28-/m1/s1. The summed E-state index contributed by atoms with van der Waals surface area (Å²) in [5.74, 6) is -0.809. The van der Waals surface area contributed by atoms with Crippen LogP contribution in [0.2, 0.25) is 10.0 Å². The minimum atomic E-state index is -4.20. The van der Waals surface area contributed by atoms with Gasteiger partial charge in [-0.1, -0.05) is 72.9 Å². The van der Waals surface area contributed by atoms with E-state index in [-0.39, 0.29) is 29.1 Å². The first-order valence-corrected chi connectivity index (χ1v) is 15.3. The van der Waals surface area contributed by atoms with Crippen molar-refractivity contribution < 1.29 is 18.0 Å². The molecule has 7 nitrogen and oxygen atoms in total. The minimum Gasteiger partial charge on any atom is -0.352 e. The van der Waals surface area contributed by atoms with E-state index >= 15 is 0 Å². The van der Waals surface area contributed by atoms with Gasteiger partial charge in [-0.2, -0.15) is 0 Å². The van der Waals surface area contributed by atoms with Crippen molar-refractivity contribution in [1.82, 2.24) is 10.2 Å². The van der Waals surface area contributed by atoms with Crippen LogP contribution in [-0.4, -0.2) is 43.8 Å². The van der Waals surface area contributed by atoms with Gasteiger partial charge in [0.2, 0.25) is 11.8 Å². The van der Waals surface area contributed by atoms with E-state index < -0.39 is 28.5 Å². The number of anilines is 1. The molecule has 3 aromatic rings. The van der Waals surface area contributed by atoms with Crippen LogP contribution in [0.3, 0.4) is 0 Å². The minimum absolute atomic E-state index is 0.0312. The Morgan fingerprint density at radius 3 is 2.12 bits per heavy atom. The molecule has 1 N–H and O–H groups in total. The van der Waals surface area contributed by atoms with Gasteiger partial charge in [-0.15, -0.1) is 0 Å².